The Balaban J connectivity index is 1.69. The first-order chi connectivity index (χ1) is 15.9. The summed E-state index contributed by atoms with van der Waals surface area (Å²) >= 11 is 0. The number of rotatable bonds is 11. The number of nitrogens with one attached hydrogen (secondary N) is 1. The molecule has 0 spiro atoms. The molecule has 0 aliphatic heterocycles. The summed E-state index contributed by atoms with van der Waals surface area (Å²) in [5.74, 6) is 0.283. The highest BCUT2D eigenvalue weighted by atomic mass is 32.2. The highest BCUT2D eigenvalue weighted by molar-refractivity contribution is 7.92. The van der Waals surface area contributed by atoms with Crippen LogP contribution in [0.5, 0.6) is 5.75 Å². The molecule has 0 heterocycles. The van der Waals surface area contributed by atoms with Crippen molar-refractivity contribution in [2.75, 3.05) is 24.0 Å². The molecule has 33 heavy (non-hydrogen) atoms. The fraction of sp³-hybridized carbons (Fsp3) is 0.269. The number of carbonyl (C=O) groups is 1. The van der Waals surface area contributed by atoms with Gasteiger partial charge in [-0.15, -0.1) is 0 Å². The minimum Gasteiger partial charge on any atom is -0.494 e. The van der Waals surface area contributed by atoms with Crippen molar-refractivity contribution in [3.05, 3.63) is 90.0 Å². The maximum absolute atomic E-state index is 13.3. The quantitative estimate of drug-likeness (QED) is 0.427. The van der Waals surface area contributed by atoms with Gasteiger partial charge in [-0.2, -0.15) is 0 Å². The van der Waals surface area contributed by atoms with Crippen molar-refractivity contribution < 1.29 is 17.9 Å². The van der Waals surface area contributed by atoms with Crippen LogP contribution in [0.3, 0.4) is 0 Å². The summed E-state index contributed by atoms with van der Waals surface area (Å²) in [7, 11) is -3.92. The predicted molar refractivity (Wildman–Crippen MR) is 131 cm³/mol. The molecule has 1 amide bonds. The molecule has 0 aromatic heterocycles. The second-order valence-electron chi connectivity index (χ2n) is 7.69. The van der Waals surface area contributed by atoms with Gasteiger partial charge < -0.3 is 10.1 Å². The van der Waals surface area contributed by atoms with E-state index in [1.54, 1.807) is 42.5 Å². The molecule has 7 heteroatoms. The van der Waals surface area contributed by atoms with E-state index in [1.165, 1.54) is 23.3 Å². The van der Waals surface area contributed by atoms with E-state index in [9.17, 15) is 13.2 Å². The van der Waals surface area contributed by atoms with E-state index in [1.807, 2.05) is 13.8 Å². The van der Waals surface area contributed by atoms with Crippen LogP contribution in [0.25, 0.3) is 0 Å². The van der Waals surface area contributed by atoms with Crippen molar-refractivity contribution >= 4 is 21.6 Å². The second kappa shape index (κ2) is 11.5. The molecule has 0 aliphatic rings. The number of carbonyl (C=O) groups excluding carboxylic acids is 1. The first kappa shape index (κ1) is 24.3. The van der Waals surface area contributed by atoms with Crippen LogP contribution in [0.1, 0.15) is 24.5 Å². The van der Waals surface area contributed by atoms with Crippen molar-refractivity contribution in [2.24, 2.45) is 0 Å². The van der Waals surface area contributed by atoms with Gasteiger partial charge in [0, 0.05) is 6.54 Å². The standard InChI is InChI=1S/C26H30N2O4S/c1-3-32-24-17-15-23(16-18-24)28(33(30,31)25-9-5-4-6-10-25)20-26(29)27-19-7-8-22-13-11-21(2)12-14-22/h4-6,9-18H,3,7-8,19-20H2,1-2H3,(H,27,29). The first-order valence-corrected chi connectivity index (χ1v) is 12.5. The molecule has 3 rings (SSSR count). The number of ether oxygens (including phenoxy) is 1. The van der Waals surface area contributed by atoms with E-state index < -0.39 is 10.0 Å². The number of aryl methyl sites for hydroxylation is 2. The number of nitrogens with zero attached hydrogens (tertiary/aromatic N) is 1. The van der Waals surface area contributed by atoms with E-state index in [0.29, 0.717) is 24.6 Å². The number of anilines is 1. The molecule has 3 aromatic rings. The van der Waals surface area contributed by atoms with Crippen LogP contribution in [0, 0.1) is 6.92 Å². The van der Waals surface area contributed by atoms with Gasteiger partial charge in [-0.05, 0) is 68.7 Å². The summed E-state index contributed by atoms with van der Waals surface area (Å²) in [6, 6.07) is 23.1. The molecule has 0 saturated heterocycles. The molecular weight excluding hydrogens is 436 g/mol. The number of hydrogen-bond acceptors (Lipinski definition) is 4. The summed E-state index contributed by atoms with van der Waals surface area (Å²) < 4.78 is 33.3. The molecule has 0 fully saturated rings. The molecular formula is C26H30N2O4S. The van der Waals surface area contributed by atoms with E-state index in [4.69, 9.17) is 4.74 Å². The highest BCUT2D eigenvalue weighted by Crippen LogP contribution is 2.25. The van der Waals surface area contributed by atoms with Crippen LogP contribution >= 0.6 is 0 Å². The third-order valence-corrected chi connectivity index (χ3v) is 6.93. The van der Waals surface area contributed by atoms with Crippen LogP contribution < -0.4 is 14.4 Å². The maximum Gasteiger partial charge on any atom is 0.264 e. The van der Waals surface area contributed by atoms with Crippen molar-refractivity contribution in [2.45, 2.75) is 31.6 Å². The van der Waals surface area contributed by atoms with Crippen LogP contribution in [-0.2, 0) is 21.2 Å². The van der Waals surface area contributed by atoms with Crippen molar-refractivity contribution in [3.63, 3.8) is 0 Å². The van der Waals surface area contributed by atoms with E-state index in [0.717, 1.165) is 17.1 Å². The Hall–Kier alpha value is -3.32. The van der Waals surface area contributed by atoms with E-state index in [-0.39, 0.29) is 17.3 Å². The maximum atomic E-state index is 13.3. The molecule has 6 nitrogen and oxygen atoms in total. The monoisotopic (exact) mass is 466 g/mol. The summed E-state index contributed by atoms with van der Waals surface area (Å²) in [6.45, 7) is 4.59. The zero-order valence-electron chi connectivity index (χ0n) is 19.0. The second-order valence-corrected chi connectivity index (χ2v) is 9.55. The van der Waals surface area contributed by atoms with Gasteiger partial charge in [0.1, 0.15) is 12.3 Å². The summed E-state index contributed by atoms with van der Waals surface area (Å²) in [5, 5.41) is 2.85. The lowest BCUT2D eigenvalue weighted by molar-refractivity contribution is -0.119. The normalized spacial score (nSPS) is 11.1. The topological polar surface area (TPSA) is 75.7 Å². The van der Waals surface area contributed by atoms with Gasteiger partial charge in [0.2, 0.25) is 5.91 Å². The van der Waals surface area contributed by atoms with Gasteiger partial charge in [0.25, 0.3) is 10.0 Å². The molecule has 0 aliphatic carbocycles. The number of sulfonamides is 1. The molecule has 0 bridgehead atoms. The average molecular weight is 467 g/mol. The Labute approximate surface area is 196 Å². The Morgan fingerprint density at radius 2 is 1.61 bits per heavy atom. The van der Waals surface area contributed by atoms with Gasteiger partial charge >= 0.3 is 0 Å². The van der Waals surface area contributed by atoms with Crippen molar-refractivity contribution in [1.82, 2.24) is 5.32 Å². The Morgan fingerprint density at radius 3 is 2.24 bits per heavy atom. The molecule has 3 aromatic carbocycles. The van der Waals surface area contributed by atoms with Crippen LogP contribution in [0.15, 0.2) is 83.8 Å². The first-order valence-electron chi connectivity index (χ1n) is 11.0. The molecule has 0 atom stereocenters. The SMILES string of the molecule is CCOc1ccc(N(CC(=O)NCCCc2ccc(C)cc2)S(=O)(=O)c2ccccc2)cc1. The smallest absolute Gasteiger partial charge is 0.264 e. The average Bonchev–Trinajstić information content (AvgIpc) is 2.83. The Morgan fingerprint density at radius 1 is 0.939 bits per heavy atom. The van der Waals surface area contributed by atoms with Crippen LogP contribution in [-0.4, -0.2) is 34.0 Å². The molecule has 0 unspecified atom stereocenters. The van der Waals surface area contributed by atoms with Crippen molar-refractivity contribution in [1.29, 1.82) is 0 Å². The highest BCUT2D eigenvalue weighted by Gasteiger charge is 2.27. The summed E-state index contributed by atoms with van der Waals surface area (Å²) in [5.41, 5.74) is 2.82. The lowest BCUT2D eigenvalue weighted by atomic mass is 10.1. The number of amides is 1. The lowest BCUT2D eigenvalue weighted by Gasteiger charge is -2.24. The van der Waals surface area contributed by atoms with Gasteiger partial charge in [-0.3, -0.25) is 9.10 Å². The van der Waals surface area contributed by atoms with Gasteiger partial charge in [-0.25, -0.2) is 8.42 Å². The van der Waals surface area contributed by atoms with Gasteiger partial charge in [0.15, 0.2) is 0 Å². The minimum atomic E-state index is -3.92. The van der Waals surface area contributed by atoms with Gasteiger partial charge in [0.05, 0.1) is 17.2 Å². The number of hydrogen-bond donors (Lipinski definition) is 1. The van der Waals surface area contributed by atoms with Gasteiger partial charge in [-0.1, -0.05) is 48.0 Å². The summed E-state index contributed by atoms with van der Waals surface area (Å²) in [6.07, 6.45) is 1.61. The van der Waals surface area contributed by atoms with E-state index in [2.05, 4.69) is 29.6 Å². The molecule has 174 valence electrons. The van der Waals surface area contributed by atoms with Crippen molar-refractivity contribution in [3.8, 4) is 5.75 Å². The molecule has 0 radical (unpaired) electrons. The predicted octanol–water partition coefficient (Wildman–Crippen LogP) is 4.34. The minimum absolute atomic E-state index is 0.131. The zero-order valence-corrected chi connectivity index (χ0v) is 19.8. The fourth-order valence-electron chi connectivity index (χ4n) is 3.37. The Bertz CT molecular complexity index is 1130. The third kappa shape index (κ3) is 6.83. The fourth-order valence-corrected chi connectivity index (χ4v) is 4.81. The molecule has 0 saturated carbocycles. The Kier molecular flexibility index (Phi) is 8.49. The summed E-state index contributed by atoms with van der Waals surface area (Å²) in [4.78, 5) is 12.8. The third-order valence-electron chi connectivity index (χ3n) is 5.14. The van der Waals surface area contributed by atoms with Crippen LogP contribution in [0.2, 0.25) is 0 Å². The van der Waals surface area contributed by atoms with E-state index >= 15 is 0 Å². The zero-order chi connectivity index (χ0) is 23.7. The number of benzene rings is 3. The lowest BCUT2D eigenvalue weighted by Crippen LogP contribution is -2.41. The molecule has 1 N–H and O–H groups in total. The van der Waals surface area contributed by atoms with Crippen LogP contribution in [0.4, 0.5) is 5.69 Å². The largest absolute Gasteiger partial charge is 0.494 e.